The van der Waals surface area contributed by atoms with Gasteiger partial charge in [0.25, 0.3) is 0 Å². The molecule has 3 unspecified atom stereocenters. The second-order valence-corrected chi connectivity index (χ2v) is 20.2. The van der Waals surface area contributed by atoms with E-state index in [2.05, 4.69) is 31.3 Å². The maximum absolute atomic E-state index is 12.6. The van der Waals surface area contributed by atoms with E-state index in [9.17, 15) is 20.1 Å². The lowest BCUT2D eigenvalue weighted by Crippen LogP contribution is -2.48. The van der Waals surface area contributed by atoms with E-state index in [0.717, 1.165) is 38.5 Å². The van der Waals surface area contributed by atoms with Crippen LogP contribution in [0.5, 0.6) is 0 Å². The van der Waals surface area contributed by atoms with Crippen molar-refractivity contribution >= 4 is 5.91 Å². The average molecular weight is 903 g/mol. The van der Waals surface area contributed by atoms with Gasteiger partial charge in [0.2, 0.25) is 5.91 Å². The Bertz CT molecular complexity index is 951. The van der Waals surface area contributed by atoms with Crippen molar-refractivity contribution in [3.05, 3.63) is 24.3 Å². The van der Waals surface area contributed by atoms with Gasteiger partial charge in [-0.2, -0.15) is 0 Å². The number of carbonyl (C=O) groups excluding carboxylic acids is 1. The largest absolute Gasteiger partial charge is 0.394 e. The van der Waals surface area contributed by atoms with Gasteiger partial charge in [0, 0.05) is 0 Å². The molecule has 64 heavy (non-hydrogen) atoms. The van der Waals surface area contributed by atoms with Gasteiger partial charge in [-0.3, -0.25) is 4.79 Å². The second-order valence-electron chi connectivity index (χ2n) is 20.2. The van der Waals surface area contributed by atoms with Crippen molar-refractivity contribution < 1.29 is 20.1 Å². The van der Waals surface area contributed by atoms with Crippen molar-refractivity contribution in [3.63, 3.8) is 0 Å². The van der Waals surface area contributed by atoms with E-state index in [1.54, 1.807) is 6.08 Å². The van der Waals surface area contributed by atoms with Crippen molar-refractivity contribution in [2.75, 3.05) is 6.61 Å². The fourth-order valence-electron chi connectivity index (χ4n) is 9.26. The molecule has 0 fully saturated rings. The van der Waals surface area contributed by atoms with E-state index >= 15 is 0 Å². The van der Waals surface area contributed by atoms with Gasteiger partial charge in [-0.25, -0.2) is 0 Å². The van der Waals surface area contributed by atoms with E-state index in [0.29, 0.717) is 6.42 Å². The predicted molar refractivity (Wildman–Crippen MR) is 282 cm³/mol. The number of aliphatic hydroxyl groups is 3. The van der Waals surface area contributed by atoms with Gasteiger partial charge < -0.3 is 20.6 Å². The minimum absolute atomic E-state index is 0.372. The first-order valence-corrected chi connectivity index (χ1v) is 29.2. The summed E-state index contributed by atoms with van der Waals surface area (Å²) in [6.45, 7) is 4.22. The van der Waals surface area contributed by atoms with Crippen LogP contribution in [0.2, 0.25) is 0 Å². The summed E-state index contributed by atoms with van der Waals surface area (Å²) in [4.78, 5) is 12.6. The summed E-state index contributed by atoms with van der Waals surface area (Å²) in [5, 5.41) is 33.4. The summed E-state index contributed by atoms with van der Waals surface area (Å²) in [5.41, 5.74) is 0. The quantitative estimate of drug-likeness (QED) is 0.0362. The molecule has 0 aliphatic heterocycles. The summed E-state index contributed by atoms with van der Waals surface area (Å²) in [6, 6.07) is -0.813. The molecule has 3 atom stereocenters. The Morgan fingerprint density at radius 2 is 0.641 bits per heavy atom. The maximum Gasteiger partial charge on any atom is 0.249 e. The number of nitrogens with one attached hydrogen (secondary N) is 1. The maximum atomic E-state index is 12.6. The van der Waals surface area contributed by atoms with Crippen LogP contribution >= 0.6 is 0 Å². The van der Waals surface area contributed by atoms with Crippen molar-refractivity contribution in [2.45, 2.75) is 340 Å². The van der Waals surface area contributed by atoms with Crippen molar-refractivity contribution in [3.8, 4) is 0 Å². The molecular formula is C59H115NO4. The number of carbonyl (C=O) groups is 1. The number of aliphatic hydroxyl groups excluding tert-OH is 3. The van der Waals surface area contributed by atoms with Gasteiger partial charge in [-0.15, -0.1) is 0 Å². The van der Waals surface area contributed by atoms with Crippen LogP contribution in [0.4, 0.5) is 0 Å². The molecule has 0 aliphatic carbocycles. The van der Waals surface area contributed by atoms with Crippen molar-refractivity contribution in [1.82, 2.24) is 5.32 Å². The van der Waals surface area contributed by atoms with Gasteiger partial charge in [0.05, 0.1) is 18.8 Å². The molecule has 380 valence electrons. The third kappa shape index (κ3) is 48.8. The van der Waals surface area contributed by atoms with Crippen molar-refractivity contribution in [2.24, 2.45) is 0 Å². The monoisotopic (exact) mass is 902 g/mol. The lowest BCUT2D eigenvalue weighted by atomic mass is 10.0. The molecule has 5 nitrogen and oxygen atoms in total. The number of amides is 1. The van der Waals surface area contributed by atoms with E-state index in [1.165, 1.54) is 263 Å². The van der Waals surface area contributed by atoms with E-state index in [4.69, 9.17) is 0 Å². The molecule has 0 aromatic carbocycles. The van der Waals surface area contributed by atoms with Crippen LogP contribution in [0, 0.1) is 0 Å². The molecule has 0 aromatic heterocycles. The fourth-order valence-corrected chi connectivity index (χ4v) is 9.26. The summed E-state index contributed by atoms with van der Waals surface area (Å²) < 4.78 is 0. The van der Waals surface area contributed by atoms with Gasteiger partial charge in [-0.05, 0) is 32.1 Å². The fraction of sp³-hybridized carbons (Fsp3) is 0.915. The Morgan fingerprint density at radius 3 is 0.953 bits per heavy atom. The van der Waals surface area contributed by atoms with E-state index in [1.807, 2.05) is 6.08 Å². The van der Waals surface area contributed by atoms with Crippen LogP contribution in [-0.2, 0) is 4.79 Å². The Kier molecular flexibility index (Phi) is 53.4. The number of rotatable bonds is 54. The van der Waals surface area contributed by atoms with Crippen LogP contribution in [0.3, 0.4) is 0 Å². The summed E-state index contributed by atoms with van der Waals surface area (Å²) in [6.07, 6.45) is 69.8. The normalized spacial score (nSPS) is 13.4. The first-order valence-electron chi connectivity index (χ1n) is 29.2. The van der Waals surface area contributed by atoms with Gasteiger partial charge >= 0.3 is 0 Å². The van der Waals surface area contributed by atoms with E-state index in [-0.39, 0.29) is 6.61 Å². The molecule has 5 heteroatoms. The topological polar surface area (TPSA) is 89.8 Å². The molecular weight excluding hydrogens is 787 g/mol. The lowest BCUT2D eigenvalue weighted by molar-refractivity contribution is -0.131. The Morgan fingerprint density at radius 1 is 0.375 bits per heavy atom. The highest BCUT2D eigenvalue weighted by Crippen LogP contribution is 2.18. The summed E-state index contributed by atoms with van der Waals surface area (Å²) >= 11 is 0. The number of hydrogen-bond donors (Lipinski definition) is 4. The molecule has 0 radical (unpaired) electrons. The number of unbranched alkanes of at least 4 members (excludes halogenated alkanes) is 44. The third-order valence-corrected chi connectivity index (χ3v) is 13.8. The highest BCUT2D eigenvalue weighted by Gasteiger charge is 2.22. The molecule has 0 aliphatic rings. The smallest absolute Gasteiger partial charge is 0.249 e. The first-order chi connectivity index (χ1) is 31.6. The Labute approximate surface area is 401 Å². The zero-order chi connectivity index (χ0) is 46.5. The summed E-state index contributed by atoms with van der Waals surface area (Å²) in [7, 11) is 0. The van der Waals surface area contributed by atoms with Gasteiger partial charge in [-0.1, -0.05) is 314 Å². The van der Waals surface area contributed by atoms with E-state index < -0.39 is 24.2 Å². The van der Waals surface area contributed by atoms with Crippen LogP contribution < -0.4 is 5.32 Å². The summed E-state index contributed by atoms with van der Waals surface area (Å²) in [5.74, 6) is -0.506. The van der Waals surface area contributed by atoms with Gasteiger partial charge in [0.15, 0.2) is 0 Å². The molecule has 0 spiro atoms. The third-order valence-electron chi connectivity index (χ3n) is 13.8. The molecule has 1 amide bonds. The SMILES string of the molecule is CCCCCCCCCCCCCCCCCCCCC/C=C/CC/C=C/C(O)C(CO)NC(=O)C(O)CCCCCCCCCCCCCCCCCCCCCCCCCCC. The van der Waals surface area contributed by atoms with Crippen molar-refractivity contribution in [1.29, 1.82) is 0 Å². The number of hydrogen-bond acceptors (Lipinski definition) is 4. The minimum atomic E-state index is -1.10. The van der Waals surface area contributed by atoms with Crippen LogP contribution in [0.1, 0.15) is 322 Å². The Hall–Kier alpha value is -1.17. The predicted octanol–water partition coefficient (Wildman–Crippen LogP) is 18.1. The van der Waals surface area contributed by atoms with Crippen LogP contribution in [0.25, 0.3) is 0 Å². The zero-order valence-electron chi connectivity index (χ0n) is 43.4. The minimum Gasteiger partial charge on any atom is -0.394 e. The highest BCUT2D eigenvalue weighted by atomic mass is 16.3. The molecule has 0 rings (SSSR count). The highest BCUT2D eigenvalue weighted by molar-refractivity contribution is 5.80. The molecule has 0 aromatic rings. The van der Waals surface area contributed by atoms with Crippen LogP contribution in [-0.4, -0.2) is 46.1 Å². The lowest BCUT2D eigenvalue weighted by Gasteiger charge is -2.21. The second kappa shape index (κ2) is 54.4. The average Bonchev–Trinajstić information content (AvgIpc) is 3.30. The first kappa shape index (κ1) is 62.8. The Balaban J connectivity index is 3.57. The molecule has 0 saturated carbocycles. The molecule has 4 N–H and O–H groups in total. The standard InChI is InChI=1S/C59H115NO4/c1-3-5-7-9-11-13-15-17-19-21-23-25-27-29-31-33-35-37-39-41-43-45-47-49-51-53-57(62)56(55-61)60-59(64)58(63)54-52-50-48-46-44-42-40-38-36-34-32-30-28-26-24-22-20-18-16-14-12-10-8-6-4-2/h43,45,51,53,56-58,61-63H,3-42,44,46-50,52,54-55H2,1-2H3,(H,60,64)/b45-43+,53-51+. The molecule has 0 saturated heterocycles. The number of allylic oxidation sites excluding steroid dienone is 3. The van der Waals surface area contributed by atoms with Crippen LogP contribution in [0.15, 0.2) is 24.3 Å². The zero-order valence-corrected chi connectivity index (χ0v) is 43.4. The van der Waals surface area contributed by atoms with Gasteiger partial charge in [0.1, 0.15) is 6.10 Å². The molecule has 0 bridgehead atoms. The molecule has 0 heterocycles.